The summed E-state index contributed by atoms with van der Waals surface area (Å²) in [6, 6.07) is 7.56. The number of hydrogen-bond acceptors (Lipinski definition) is 8. The molecule has 28 heavy (non-hydrogen) atoms. The Morgan fingerprint density at radius 2 is 2.14 bits per heavy atom. The van der Waals surface area contributed by atoms with Crippen LogP contribution in [0.15, 0.2) is 46.3 Å². The van der Waals surface area contributed by atoms with Crippen LogP contribution < -0.4 is 9.47 Å². The maximum absolute atomic E-state index is 12.6. The second-order valence-electron chi connectivity index (χ2n) is 6.36. The third kappa shape index (κ3) is 4.36. The van der Waals surface area contributed by atoms with E-state index in [9.17, 15) is 4.79 Å². The van der Waals surface area contributed by atoms with Crippen molar-refractivity contribution >= 4 is 28.8 Å². The Kier molecular flexibility index (Phi) is 5.61. The molecule has 0 radical (unpaired) electrons. The van der Waals surface area contributed by atoms with Gasteiger partial charge in [0.05, 0.1) is 31.8 Å². The Morgan fingerprint density at radius 1 is 1.29 bits per heavy atom. The van der Waals surface area contributed by atoms with E-state index in [0.717, 1.165) is 30.5 Å². The van der Waals surface area contributed by atoms with E-state index in [-0.39, 0.29) is 17.8 Å². The highest BCUT2D eigenvalue weighted by atomic mass is 32.2. The lowest BCUT2D eigenvalue weighted by molar-refractivity contribution is -0.131. The Bertz CT molecular complexity index is 931. The standard InChI is InChI=1S/C19H20N4O4S/c1-25-16-9-20-10-17(22-16)26-13-5-4-8-23(11-13)18(24)12-28-19-21-14-6-2-3-7-15(14)27-19/h2-3,6-7,9-10,13H,4-5,8,11-12H2,1H3. The SMILES string of the molecule is COc1cncc(OC2CCCN(C(=O)CSc3nc4ccccc4o3)C2)n1. The van der Waals surface area contributed by atoms with Crippen molar-refractivity contribution in [3.63, 3.8) is 0 Å². The quantitative estimate of drug-likeness (QED) is 0.584. The maximum atomic E-state index is 12.6. The molecule has 146 valence electrons. The Hall–Kier alpha value is -2.81. The first kappa shape index (κ1) is 18.5. The highest BCUT2D eigenvalue weighted by molar-refractivity contribution is 7.99. The Labute approximate surface area is 166 Å². The van der Waals surface area contributed by atoms with Gasteiger partial charge in [-0.15, -0.1) is 0 Å². The van der Waals surface area contributed by atoms with Gasteiger partial charge in [-0.1, -0.05) is 23.9 Å². The highest BCUT2D eigenvalue weighted by Gasteiger charge is 2.25. The minimum absolute atomic E-state index is 0.0392. The number of likely N-dealkylation sites (tertiary alicyclic amines) is 1. The minimum atomic E-state index is -0.117. The van der Waals surface area contributed by atoms with Crippen LogP contribution in [0.5, 0.6) is 11.8 Å². The molecule has 1 saturated heterocycles. The zero-order chi connectivity index (χ0) is 19.3. The predicted molar refractivity (Wildman–Crippen MR) is 104 cm³/mol. The van der Waals surface area contributed by atoms with Gasteiger partial charge in [-0.25, -0.2) is 4.98 Å². The van der Waals surface area contributed by atoms with E-state index in [1.54, 1.807) is 6.20 Å². The molecule has 1 amide bonds. The van der Waals surface area contributed by atoms with Crippen molar-refractivity contribution in [3.05, 3.63) is 36.7 Å². The molecule has 1 fully saturated rings. The van der Waals surface area contributed by atoms with Crippen molar-refractivity contribution in [2.75, 3.05) is 26.0 Å². The number of amides is 1. The number of thioether (sulfide) groups is 1. The number of rotatable bonds is 6. The molecule has 0 aliphatic carbocycles. The van der Waals surface area contributed by atoms with Gasteiger partial charge in [0.15, 0.2) is 5.58 Å². The van der Waals surface area contributed by atoms with Crippen molar-refractivity contribution in [2.24, 2.45) is 0 Å². The molecule has 0 N–H and O–H groups in total. The van der Waals surface area contributed by atoms with E-state index in [2.05, 4.69) is 15.0 Å². The second kappa shape index (κ2) is 8.47. The zero-order valence-corrected chi connectivity index (χ0v) is 16.2. The number of ether oxygens (including phenoxy) is 2. The number of aromatic nitrogens is 3. The molecule has 3 aromatic rings. The lowest BCUT2D eigenvalue weighted by atomic mass is 10.1. The van der Waals surface area contributed by atoms with Crippen LogP contribution in [0.3, 0.4) is 0 Å². The van der Waals surface area contributed by atoms with E-state index in [1.807, 2.05) is 29.2 Å². The summed E-state index contributed by atoms with van der Waals surface area (Å²) in [7, 11) is 1.53. The van der Waals surface area contributed by atoms with Crippen LogP contribution in [0.2, 0.25) is 0 Å². The van der Waals surface area contributed by atoms with Crippen LogP contribution >= 0.6 is 11.8 Å². The van der Waals surface area contributed by atoms with Gasteiger partial charge in [0.25, 0.3) is 5.22 Å². The first-order chi connectivity index (χ1) is 13.7. The maximum Gasteiger partial charge on any atom is 0.257 e. The van der Waals surface area contributed by atoms with Crippen molar-refractivity contribution in [1.82, 2.24) is 19.9 Å². The summed E-state index contributed by atoms with van der Waals surface area (Å²) in [4.78, 5) is 27.1. The third-order valence-electron chi connectivity index (χ3n) is 4.41. The predicted octanol–water partition coefficient (Wildman–Crippen LogP) is 2.79. The number of hydrogen-bond donors (Lipinski definition) is 0. The molecule has 1 unspecified atom stereocenters. The van der Waals surface area contributed by atoms with Crippen molar-refractivity contribution in [3.8, 4) is 11.8 Å². The van der Waals surface area contributed by atoms with Crippen LogP contribution in [0.1, 0.15) is 12.8 Å². The molecule has 2 aromatic heterocycles. The van der Waals surface area contributed by atoms with Crippen molar-refractivity contribution < 1.29 is 18.7 Å². The molecule has 0 bridgehead atoms. The number of oxazole rings is 1. The summed E-state index contributed by atoms with van der Waals surface area (Å²) in [5.74, 6) is 1.12. The molecule has 1 aliphatic heterocycles. The normalized spacial score (nSPS) is 16.9. The molecular formula is C19H20N4O4S. The van der Waals surface area contributed by atoms with Crippen LogP contribution in [-0.2, 0) is 4.79 Å². The first-order valence-electron chi connectivity index (χ1n) is 9.00. The van der Waals surface area contributed by atoms with E-state index in [4.69, 9.17) is 13.9 Å². The summed E-state index contributed by atoms with van der Waals surface area (Å²) in [6.07, 6.45) is 4.69. The molecule has 8 nitrogen and oxygen atoms in total. The highest BCUT2D eigenvalue weighted by Crippen LogP contribution is 2.24. The van der Waals surface area contributed by atoms with Crippen LogP contribution in [0.4, 0.5) is 0 Å². The fourth-order valence-electron chi connectivity index (χ4n) is 3.05. The van der Waals surface area contributed by atoms with E-state index in [0.29, 0.717) is 23.5 Å². The summed E-state index contributed by atoms with van der Waals surface area (Å²) < 4.78 is 16.6. The van der Waals surface area contributed by atoms with Crippen LogP contribution in [0.25, 0.3) is 11.1 Å². The lowest BCUT2D eigenvalue weighted by Gasteiger charge is -2.32. The number of para-hydroxylation sites is 2. The third-order valence-corrected chi connectivity index (χ3v) is 5.22. The summed E-state index contributed by atoms with van der Waals surface area (Å²) in [6.45, 7) is 1.24. The number of nitrogens with zero attached hydrogens (tertiary/aromatic N) is 4. The van der Waals surface area contributed by atoms with Gasteiger partial charge in [0.1, 0.15) is 11.6 Å². The van der Waals surface area contributed by atoms with Gasteiger partial charge in [-0.05, 0) is 25.0 Å². The fraction of sp³-hybridized carbons (Fsp3) is 0.368. The lowest BCUT2D eigenvalue weighted by Crippen LogP contribution is -2.45. The topological polar surface area (TPSA) is 90.6 Å². The molecular weight excluding hydrogens is 380 g/mol. The van der Waals surface area contributed by atoms with Gasteiger partial charge in [0, 0.05) is 6.54 Å². The number of benzene rings is 1. The summed E-state index contributed by atoms with van der Waals surface area (Å²) >= 11 is 1.31. The van der Waals surface area contributed by atoms with Crippen molar-refractivity contribution in [2.45, 2.75) is 24.2 Å². The van der Waals surface area contributed by atoms with E-state index >= 15 is 0 Å². The molecule has 0 saturated carbocycles. The van der Waals surface area contributed by atoms with Gasteiger partial charge in [-0.3, -0.25) is 9.78 Å². The number of fused-ring (bicyclic) bond motifs is 1. The molecule has 0 spiro atoms. The van der Waals surface area contributed by atoms with Gasteiger partial charge in [0.2, 0.25) is 17.7 Å². The van der Waals surface area contributed by atoms with Crippen LogP contribution in [0, 0.1) is 0 Å². The Morgan fingerprint density at radius 3 is 3.00 bits per heavy atom. The minimum Gasteiger partial charge on any atom is -0.480 e. The molecule has 3 heterocycles. The molecule has 9 heteroatoms. The van der Waals surface area contributed by atoms with Crippen molar-refractivity contribution in [1.29, 1.82) is 0 Å². The average Bonchev–Trinajstić information content (AvgIpc) is 3.15. The summed E-state index contributed by atoms with van der Waals surface area (Å²) in [5, 5.41) is 0.506. The molecule has 4 rings (SSSR count). The van der Waals surface area contributed by atoms with E-state index < -0.39 is 0 Å². The smallest absolute Gasteiger partial charge is 0.257 e. The monoisotopic (exact) mass is 400 g/mol. The Balaban J connectivity index is 1.32. The largest absolute Gasteiger partial charge is 0.480 e. The zero-order valence-electron chi connectivity index (χ0n) is 15.4. The molecule has 1 atom stereocenters. The first-order valence-corrected chi connectivity index (χ1v) is 9.98. The number of piperidine rings is 1. The van der Waals surface area contributed by atoms with Gasteiger partial charge in [-0.2, -0.15) is 4.98 Å². The fourth-order valence-corrected chi connectivity index (χ4v) is 3.79. The van der Waals surface area contributed by atoms with Gasteiger partial charge >= 0.3 is 0 Å². The van der Waals surface area contributed by atoms with Crippen LogP contribution in [-0.4, -0.2) is 57.8 Å². The average molecular weight is 400 g/mol. The summed E-state index contributed by atoms with van der Waals surface area (Å²) in [5.41, 5.74) is 1.52. The number of carbonyl (C=O) groups is 1. The van der Waals surface area contributed by atoms with Gasteiger partial charge < -0.3 is 18.8 Å². The van der Waals surface area contributed by atoms with E-state index in [1.165, 1.54) is 25.1 Å². The second-order valence-corrected chi connectivity index (χ2v) is 7.28. The molecule has 1 aromatic carbocycles. The number of carbonyl (C=O) groups excluding carboxylic acids is 1. The molecule has 1 aliphatic rings. The number of methoxy groups -OCH3 is 1.